The Kier molecular flexibility index (Phi) is 6.54. The lowest BCUT2D eigenvalue weighted by Gasteiger charge is -2.42. The molecule has 10 heteroatoms. The Balaban J connectivity index is 1.36. The van der Waals surface area contributed by atoms with Gasteiger partial charge in [-0.15, -0.1) is 0 Å². The molecule has 0 aromatic carbocycles. The minimum Gasteiger partial charge on any atom is -0.376 e. The van der Waals surface area contributed by atoms with Crippen LogP contribution in [-0.4, -0.2) is 79.9 Å². The van der Waals surface area contributed by atoms with Gasteiger partial charge in [0.1, 0.15) is 0 Å². The summed E-state index contributed by atoms with van der Waals surface area (Å²) in [5.74, 6) is 1.00. The molecule has 3 heterocycles. The molecule has 0 bridgehead atoms. The molecule has 1 aromatic heterocycles. The Morgan fingerprint density at radius 1 is 1.13 bits per heavy atom. The van der Waals surface area contributed by atoms with E-state index < -0.39 is 10.0 Å². The highest BCUT2D eigenvalue weighted by atomic mass is 32.2. The van der Waals surface area contributed by atoms with Gasteiger partial charge in [-0.25, -0.2) is 23.1 Å². The van der Waals surface area contributed by atoms with Crippen LogP contribution in [0, 0.1) is 5.92 Å². The fourth-order valence-electron chi connectivity index (χ4n) is 4.43. The molecule has 0 radical (unpaired) electrons. The average Bonchev–Trinajstić information content (AvgIpc) is 3.57. The van der Waals surface area contributed by atoms with Crippen molar-refractivity contribution < 1.29 is 17.9 Å². The monoisotopic (exact) mass is 437 g/mol. The maximum absolute atomic E-state index is 12.8. The van der Waals surface area contributed by atoms with E-state index in [2.05, 4.69) is 19.6 Å². The van der Waals surface area contributed by atoms with Gasteiger partial charge < -0.3 is 14.5 Å². The molecule has 1 aliphatic carbocycles. The van der Waals surface area contributed by atoms with Crippen LogP contribution in [0.4, 0.5) is 5.95 Å². The lowest BCUT2D eigenvalue weighted by atomic mass is 9.96. The topological polar surface area (TPSA) is 105 Å². The molecular formula is C20H31N5O4S. The molecule has 2 aliphatic heterocycles. The van der Waals surface area contributed by atoms with E-state index in [0.29, 0.717) is 13.2 Å². The third-order valence-electron chi connectivity index (χ3n) is 6.13. The first-order chi connectivity index (χ1) is 14.4. The summed E-state index contributed by atoms with van der Waals surface area (Å²) in [5, 5.41) is 0. The Morgan fingerprint density at radius 2 is 1.83 bits per heavy atom. The van der Waals surface area contributed by atoms with E-state index >= 15 is 0 Å². The first-order valence-electron chi connectivity index (χ1n) is 10.8. The van der Waals surface area contributed by atoms with E-state index in [4.69, 9.17) is 4.74 Å². The van der Waals surface area contributed by atoms with Crippen molar-refractivity contribution in [3.8, 4) is 0 Å². The van der Waals surface area contributed by atoms with E-state index in [9.17, 15) is 13.2 Å². The lowest BCUT2D eigenvalue weighted by molar-refractivity contribution is -0.139. The number of likely N-dealkylation sites (tertiary alicyclic amines) is 1. The number of amides is 1. The molecule has 4 rings (SSSR count). The second-order valence-corrected chi connectivity index (χ2v) is 10.4. The summed E-state index contributed by atoms with van der Waals surface area (Å²) in [4.78, 5) is 25.4. The number of rotatable bonds is 7. The predicted molar refractivity (Wildman–Crippen MR) is 112 cm³/mol. The van der Waals surface area contributed by atoms with E-state index in [1.165, 1.54) is 6.26 Å². The molecule has 2 atom stereocenters. The first kappa shape index (κ1) is 21.5. The third-order valence-corrected chi connectivity index (χ3v) is 6.86. The van der Waals surface area contributed by atoms with Crippen molar-refractivity contribution in [1.29, 1.82) is 0 Å². The minimum absolute atomic E-state index is 0.0867. The standard InChI is InChI=1S/C20H31N5O4S/c1-30(27,28)23-17-4-2-11-25(19(26)15-5-6-15)18(17)14-29-16-7-12-24(13-8-16)20-21-9-3-10-22-20/h3,9-10,15-18,23H,2,4-8,11-14H2,1H3. The van der Waals surface area contributed by atoms with Crippen LogP contribution in [-0.2, 0) is 19.6 Å². The molecule has 2 saturated heterocycles. The second kappa shape index (κ2) is 9.15. The zero-order chi connectivity index (χ0) is 21.1. The number of carbonyl (C=O) groups excluding carboxylic acids is 1. The van der Waals surface area contributed by atoms with Gasteiger partial charge in [-0.1, -0.05) is 0 Å². The predicted octanol–water partition coefficient (Wildman–Crippen LogP) is 0.781. The number of anilines is 1. The highest BCUT2D eigenvalue weighted by molar-refractivity contribution is 7.88. The van der Waals surface area contributed by atoms with Gasteiger partial charge in [-0.2, -0.15) is 0 Å². The quantitative estimate of drug-likeness (QED) is 0.672. The Bertz CT molecular complexity index is 825. The van der Waals surface area contributed by atoms with Crippen LogP contribution in [0.1, 0.15) is 38.5 Å². The molecule has 30 heavy (non-hydrogen) atoms. The summed E-state index contributed by atoms with van der Waals surface area (Å²) < 4.78 is 32.7. The maximum Gasteiger partial charge on any atom is 0.226 e. The van der Waals surface area contributed by atoms with Crippen LogP contribution < -0.4 is 9.62 Å². The van der Waals surface area contributed by atoms with Gasteiger partial charge in [0.15, 0.2) is 0 Å². The van der Waals surface area contributed by atoms with Gasteiger partial charge in [0, 0.05) is 44.0 Å². The minimum atomic E-state index is -3.36. The van der Waals surface area contributed by atoms with Gasteiger partial charge in [0.25, 0.3) is 0 Å². The second-order valence-electron chi connectivity index (χ2n) is 8.58. The SMILES string of the molecule is CS(=O)(=O)NC1CCCN(C(=O)C2CC2)C1COC1CCN(c2ncccn2)CC1. The van der Waals surface area contributed by atoms with Crippen molar-refractivity contribution in [2.75, 3.05) is 37.4 Å². The van der Waals surface area contributed by atoms with Gasteiger partial charge in [-0.3, -0.25) is 4.79 Å². The van der Waals surface area contributed by atoms with Gasteiger partial charge >= 0.3 is 0 Å². The average molecular weight is 438 g/mol. The molecule has 1 N–H and O–H groups in total. The van der Waals surface area contributed by atoms with Gasteiger partial charge in [-0.05, 0) is 44.6 Å². The Morgan fingerprint density at radius 3 is 2.47 bits per heavy atom. The van der Waals surface area contributed by atoms with Crippen LogP contribution in [0.25, 0.3) is 0 Å². The van der Waals surface area contributed by atoms with Crippen molar-refractivity contribution in [3.63, 3.8) is 0 Å². The molecule has 1 saturated carbocycles. The molecule has 3 aliphatic rings. The molecule has 1 amide bonds. The van der Waals surface area contributed by atoms with Crippen molar-refractivity contribution in [2.24, 2.45) is 5.92 Å². The van der Waals surface area contributed by atoms with Crippen LogP contribution in [0.5, 0.6) is 0 Å². The first-order valence-corrected chi connectivity index (χ1v) is 12.7. The highest BCUT2D eigenvalue weighted by Crippen LogP contribution is 2.33. The van der Waals surface area contributed by atoms with Crippen LogP contribution in [0.2, 0.25) is 0 Å². The number of ether oxygens (including phenoxy) is 1. The van der Waals surface area contributed by atoms with Crippen LogP contribution in [0.3, 0.4) is 0 Å². The zero-order valence-electron chi connectivity index (χ0n) is 17.4. The summed E-state index contributed by atoms with van der Waals surface area (Å²) in [7, 11) is -3.36. The smallest absolute Gasteiger partial charge is 0.226 e. The number of nitrogens with one attached hydrogen (secondary N) is 1. The van der Waals surface area contributed by atoms with E-state index in [-0.39, 0.29) is 30.0 Å². The van der Waals surface area contributed by atoms with Crippen molar-refractivity contribution >= 4 is 21.9 Å². The summed E-state index contributed by atoms with van der Waals surface area (Å²) in [6, 6.07) is 1.26. The number of hydrogen-bond donors (Lipinski definition) is 1. The highest BCUT2D eigenvalue weighted by Gasteiger charge is 2.41. The molecule has 3 fully saturated rings. The van der Waals surface area contributed by atoms with E-state index in [0.717, 1.165) is 57.6 Å². The summed E-state index contributed by atoms with van der Waals surface area (Å²) in [6.45, 7) is 2.66. The number of piperidine rings is 2. The molecule has 166 valence electrons. The fourth-order valence-corrected chi connectivity index (χ4v) is 5.25. The number of sulfonamides is 1. The largest absolute Gasteiger partial charge is 0.376 e. The number of aromatic nitrogens is 2. The van der Waals surface area contributed by atoms with Crippen molar-refractivity contribution in [3.05, 3.63) is 18.5 Å². The number of nitrogens with zero attached hydrogens (tertiary/aromatic N) is 4. The van der Waals surface area contributed by atoms with E-state index in [1.54, 1.807) is 18.5 Å². The maximum atomic E-state index is 12.8. The lowest BCUT2D eigenvalue weighted by Crippen LogP contribution is -2.59. The van der Waals surface area contributed by atoms with Crippen LogP contribution in [0.15, 0.2) is 18.5 Å². The molecular weight excluding hydrogens is 406 g/mol. The summed E-state index contributed by atoms with van der Waals surface area (Å²) in [5.41, 5.74) is 0. The van der Waals surface area contributed by atoms with Crippen LogP contribution >= 0.6 is 0 Å². The van der Waals surface area contributed by atoms with Crippen molar-refractivity contribution in [2.45, 2.75) is 56.7 Å². The molecule has 2 unspecified atom stereocenters. The van der Waals surface area contributed by atoms with Gasteiger partial charge in [0.2, 0.25) is 21.9 Å². The van der Waals surface area contributed by atoms with Crippen molar-refractivity contribution in [1.82, 2.24) is 19.6 Å². The molecule has 9 nitrogen and oxygen atoms in total. The van der Waals surface area contributed by atoms with Gasteiger partial charge in [0.05, 0.1) is 25.0 Å². The summed E-state index contributed by atoms with van der Waals surface area (Å²) >= 11 is 0. The molecule has 1 aromatic rings. The fraction of sp³-hybridized carbons (Fsp3) is 0.750. The Hall–Kier alpha value is -1.78. The molecule has 0 spiro atoms. The number of carbonyl (C=O) groups is 1. The zero-order valence-corrected chi connectivity index (χ0v) is 18.3. The summed E-state index contributed by atoms with van der Waals surface area (Å²) in [6.07, 6.45) is 9.86. The number of hydrogen-bond acceptors (Lipinski definition) is 7. The third kappa shape index (κ3) is 5.47. The van der Waals surface area contributed by atoms with E-state index in [1.807, 2.05) is 4.90 Å². The normalized spacial score (nSPS) is 26.0. The Labute approximate surface area is 178 Å².